The first-order valence-electron chi connectivity index (χ1n) is 9.12. The summed E-state index contributed by atoms with van der Waals surface area (Å²) in [6.07, 6.45) is 6.45. The molecular formula is C20H25NO3. The maximum Gasteiger partial charge on any atom is 0.309 e. The smallest absolute Gasteiger partial charge is 0.309 e. The number of aliphatic carboxylic acids is 1. The van der Waals surface area contributed by atoms with Crippen molar-refractivity contribution in [2.45, 2.75) is 62.8 Å². The van der Waals surface area contributed by atoms with Crippen molar-refractivity contribution in [3.63, 3.8) is 0 Å². The van der Waals surface area contributed by atoms with E-state index >= 15 is 0 Å². The first-order valence-corrected chi connectivity index (χ1v) is 9.12. The predicted octanol–water partition coefficient (Wildman–Crippen LogP) is 3.47. The standard InChI is InChI=1S/C20H25NO3/c22-17(16-12-15(13-16)14-4-2-1-3-5-14)21-20-9-6-19(7-10-20,8-11-20)18(23)24/h1-5,15-16H,6-13H2,(H,21,22)(H,23,24). The van der Waals surface area contributed by atoms with Crippen LogP contribution in [0.5, 0.6) is 0 Å². The van der Waals surface area contributed by atoms with Gasteiger partial charge in [-0.1, -0.05) is 30.3 Å². The minimum absolute atomic E-state index is 0.123. The summed E-state index contributed by atoms with van der Waals surface area (Å²) in [5, 5.41) is 12.8. The lowest BCUT2D eigenvalue weighted by Crippen LogP contribution is -2.59. The molecule has 128 valence electrons. The number of benzene rings is 1. The van der Waals surface area contributed by atoms with Crippen molar-refractivity contribution in [3.8, 4) is 0 Å². The number of carbonyl (C=O) groups excluding carboxylic acids is 1. The van der Waals surface area contributed by atoms with Crippen molar-refractivity contribution in [1.82, 2.24) is 5.32 Å². The summed E-state index contributed by atoms with van der Waals surface area (Å²) < 4.78 is 0. The number of amides is 1. The Labute approximate surface area is 142 Å². The van der Waals surface area contributed by atoms with Gasteiger partial charge in [0, 0.05) is 11.5 Å². The second-order valence-corrected chi connectivity index (χ2v) is 8.13. The van der Waals surface area contributed by atoms with Gasteiger partial charge in [-0.2, -0.15) is 0 Å². The summed E-state index contributed by atoms with van der Waals surface area (Å²) in [5.41, 5.74) is 0.689. The lowest BCUT2D eigenvalue weighted by Gasteiger charge is -2.52. The molecule has 2 bridgehead atoms. The fourth-order valence-corrected chi connectivity index (χ4v) is 4.89. The van der Waals surface area contributed by atoms with Crippen LogP contribution in [0.3, 0.4) is 0 Å². The highest BCUT2D eigenvalue weighted by Crippen LogP contribution is 2.53. The Kier molecular flexibility index (Phi) is 3.66. The molecule has 2 N–H and O–H groups in total. The van der Waals surface area contributed by atoms with Crippen molar-refractivity contribution >= 4 is 11.9 Å². The highest BCUT2D eigenvalue weighted by molar-refractivity contribution is 5.81. The molecule has 4 heteroatoms. The normalized spacial score (nSPS) is 37.5. The van der Waals surface area contributed by atoms with Crippen LogP contribution >= 0.6 is 0 Å². The van der Waals surface area contributed by atoms with Gasteiger partial charge in [-0.05, 0) is 62.8 Å². The summed E-state index contributed by atoms with van der Waals surface area (Å²) in [5.74, 6) is 0.174. The van der Waals surface area contributed by atoms with Crippen molar-refractivity contribution in [3.05, 3.63) is 35.9 Å². The summed E-state index contributed by atoms with van der Waals surface area (Å²) in [6, 6.07) is 10.4. The Morgan fingerprint density at radius 2 is 1.54 bits per heavy atom. The first kappa shape index (κ1) is 15.7. The Hall–Kier alpha value is -1.84. The zero-order valence-electron chi connectivity index (χ0n) is 14.0. The SMILES string of the molecule is O=C(NC12CCC(C(=O)O)(CC1)CC2)C1CC(c2ccccc2)C1. The van der Waals surface area contributed by atoms with Gasteiger partial charge in [-0.25, -0.2) is 0 Å². The molecule has 1 aromatic rings. The van der Waals surface area contributed by atoms with Gasteiger partial charge in [0.1, 0.15) is 0 Å². The molecule has 0 heterocycles. The van der Waals surface area contributed by atoms with E-state index in [1.807, 2.05) is 6.07 Å². The molecule has 0 unspecified atom stereocenters. The molecule has 4 nitrogen and oxygen atoms in total. The van der Waals surface area contributed by atoms with Gasteiger partial charge in [0.25, 0.3) is 0 Å². The van der Waals surface area contributed by atoms with Crippen LogP contribution in [0.25, 0.3) is 0 Å². The number of hydrogen-bond donors (Lipinski definition) is 2. The van der Waals surface area contributed by atoms with Gasteiger partial charge in [-0.15, -0.1) is 0 Å². The highest BCUT2D eigenvalue weighted by Gasteiger charge is 2.53. The molecule has 0 saturated heterocycles. The van der Waals surface area contributed by atoms with E-state index in [1.165, 1.54) is 5.56 Å². The van der Waals surface area contributed by atoms with Crippen LogP contribution in [0.15, 0.2) is 30.3 Å². The van der Waals surface area contributed by atoms with Gasteiger partial charge in [0.15, 0.2) is 0 Å². The summed E-state index contributed by atoms with van der Waals surface area (Å²) >= 11 is 0. The molecule has 0 spiro atoms. The molecular weight excluding hydrogens is 302 g/mol. The molecule has 0 atom stereocenters. The third kappa shape index (κ3) is 2.52. The summed E-state index contributed by atoms with van der Waals surface area (Å²) in [4.78, 5) is 24.1. The second kappa shape index (κ2) is 5.61. The second-order valence-electron chi connectivity index (χ2n) is 8.13. The number of carboxylic acid groups (broad SMARTS) is 1. The van der Waals surface area contributed by atoms with Gasteiger partial charge in [0.2, 0.25) is 5.91 Å². The molecule has 0 radical (unpaired) electrons. The van der Waals surface area contributed by atoms with Crippen LogP contribution in [0, 0.1) is 11.3 Å². The Morgan fingerprint density at radius 3 is 2.08 bits per heavy atom. The van der Waals surface area contributed by atoms with Gasteiger partial charge in [-0.3, -0.25) is 9.59 Å². The zero-order chi connectivity index (χ0) is 16.8. The third-order valence-corrected chi connectivity index (χ3v) is 6.87. The van der Waals surface area contributed by atoms with E-state index < -0.39 is 11.4 Å². The maximum atomic E-state index is 12.6. The zero-order valence-corrected chi connectivity index (χ0v) is 14.0. The summed E-state index contributed by atoms with van der Waals surface area (Å²) in [6.45, 7) is 0. The van der Waals surface area contributed by atoms with Gasteiger partial charge < -0.3 is 10.4 Å². The van der Waals surface area contributed by atoms with Crippen molar-refractivity contribution in [1.29, 1.82) is 0 Å². The molecule has 4 saturated carbocycles. The van der Waals surface area contributed by atoms with Crippen LogP contribution in [0.2, 0.25) is 0 Å². The topological polar surface area (TPSA) is 66.4 Å². The Balaban J connectivity index is 1.33. The monoisotopic (exact) mass is 327 g/mol. The molecule has 1 amide bonds. The van der Waals surface area contributed by atoms with E-state index in [2.05, 4.69) is 29.6 Å². The average Bonchev–Trinajstić information content (AvgIpc) is 2.55. The van der Waals surface area contributed by atoms with E-state index in [1.54, 1.807) is 0 Å². The van der Waals surface area contributed by atoms with Crippen LogP contribution in [0.4, 0.5) is 0 Å². The molecule has 4 fully saturated rings. The number of carboxylic acids is 1. The van der Waals surface area contributed by atoms with E-state index in [-0.39, 0.29) is 17.4 Å². The van der Waals surface area contributed by atoms with Crippen molar-refractivity contribution in [2.75, 3.05) is 0 Å². The van der Waals surface area contributed by atoms with Crippen molar-refractivity contribution in [2.24, 2.45) is 11.3 Å². The quantitative estimate of drug-likeness (QED) is 0.890. The van der Waals surface area contributed by atoms with Gasteiger partial charge in [0.05, 0.1) is 5.41 Å². The Morgan fingerprint density at radius 1 is 0.958 bits per heavy atom. The molecule has 0 aliphatic heterocycles. The molecule has 5 rings (SSSR count). The number of nitrogens with one attached hydrogen (secondary N) is 1. The largest absolute Gasteiger partial charge is 0.481 e. The van der Waals surface area contributed by atoms with Crippen molar-refractivity contribution < 1.29 is 14.7 Å². The van der Waals surface area contributed by atoms with E-state index in [4.69, 9.17) is 0 Å². The molecule has 24 heavy (non-hydrogen) atoms. The molecule has 1 aromatic carbocycles. The molecule has 4 aliphatic carbocycles. The van der Waals surface area contributed by atoms with Crippen LogP contribution in [-0.2, 0) is 9.59 Å². The number of rotatable bonds is 4. The number of carbonyl (C=O) groups is 2. The average molecular weight is 327 g/mol. The molecule has 4 aliphatic rings. The van der Waals surface area contributed by atoms with Crippen LogP contribution in [0.1, 0.15) is 62.8 Å². The maximum absolute atomic E-state index is 12.6. The van der Waals surface area contributed by atoms with Crippen LogP contribution in [-0.4, -0.2) is 22.5 Å². The van der Waals surface area contributed by atoms with Gasteiger partial charge >= 0.3 is 5.97 Å². The number of hydrogen-bond acceptors (Lipinski definition) is 2. The fraction of sp³-hybridized carbons (Fsp3) is 0.600. The Bertz CT molecular complexity index is 624. The number of fused-ring (bicyclic) bond motifs is 3. The summed E-state index contributed by atoms with van der Waals surface area (Å²) in [7, 11) is 0. The highest BCUT2D eigenvalue weighted by atomic mass is 16.4. The predicted molar refractivity (Wildman–Crippen MR) is 90.6 cm³/mol. The fourth-order valence-electron chi connectivity index (χ4n) is 4.89. The minimum atomic E-state index is -0.646. The van der Waals surface area contributed by atoms with E-state index in [9.17, 15) is 14.7 Å². The minimum Gasteiger partial charge on any atom is -0.481 e. The lowest BCUT2D eigenvalue weighted by atomic mass is 9.57. The van der Waals surface area contributed by atoms with E-state index in [0.29, 0.717) is 25.2 Å². The first-order chi connectivity index (χ1) is 11.5. The van der Waals surface area contributed by atoms with E-state index in [0.717, 1.165) is 32.1 Å². The third-order valence-electron chi connectivity index (χ3n) is 6.87. The molecule has 0 aromatic heterocycles. The lowest BCUT2D eigenvalue weighted by molar-refractivity contribution is -0.157. The van der Waals surface area contributed by atoms with Crippen LogP contribution < -0.4 is 5.32 Å².